The fourth-order valence-electron chi connectivity index (χ4n) is 2.15. The van der Waals surface area contributed by atoms with Gasteiger partial charge in [0.05, 0.1) is 28.4 Å². The Labute approximate surface area is 124 Å². The van der Waals surface area contributed by atoms with E-state index in [-0.39, 0.29) is 0 Å². The molecule has 0 atom stereocenters. The van der Waals surface area contributed by atoms with Crippen LogP contribution in [0.15, 0.2) is 30.3 Å². The Bertz CT molecular complexity index is 640. The van der Waals surface area contributed by atoms with Crippen LogP contribution in [0.3, 0.4) is 0 Å². The van der Waals surface area contributed by atoms with E-state index in [2.05, 4.69) is 0 Å². The van der Waals surface area contributed by atoms with Crippen molar-refractivity contribution in [2.24, 2.45) is 0 Å². The molecule has 0 amide bonds. The minimum Gasteiger partial charge on any atom is -0.493 e. The van der Waals surface area contributed by atoms with Crippen molar-refractivity contribution in [3.63, 3.8) is 0 Å². The van der Waals surface area contributed by atoms with Crippen LogP contribution in [0.25, 0.3) is 11.1 Å². The normalized spacial score (nSPS) is 10.1. The summed E-state index contributed by atoms with van der Waals surface area (Å²) in [6, 6.07) is 9.21. The molecule has 0 spiro atoms. The quantitative estimate of drug-likeness (QED) is 0.857. The van der Waals surface area contributed by atoms with Crippen LogP contribution in [-0.2, 0) is 0 Å². The summed E-state index contributed by atoms with van der Waals surface area (Å²) in [4.78, 5) is 0. The third-order valence-corrected chi connectivity index (χ3v) is 3.25. The minimum atomic E-state index is 0.597. The molecule has 0 aromatic heterocycles. The molecule has 5 heteroatoms. The number of nitrogens with two attached hydrogens (primary N) is 1. The van der Waals surface area contributed by atoms with Gasteiger partial charge in [-0.2, -0.15) is 0 Å². The first-order valence-electron chi connectivity index (χ1n) is 6.38. The van der Waals surface area contributed by atoms with Crippen molar-refractivity contribution < 1.29 is 18.9 Å². The van der Waals surface area contributed by atoms with E-state index in [0.717, 1.165) is 11.1 Å². The van der Waals surface area contributed by atoms with Gasteiger partial charge in [-0.3, -0.25) is 0 Å². The predicted octanol–water partition coefficient (Wildman–Crippen LogP) is 2.97. The van der Waals surface area contributed by atoms with E-state index in [0.29, 0.717) is 28.7 Å². The minimum absolute atomic E-state index is 0.597. The van der Waals surface area contributed by atoms with Gasteiger partial charge in [-0.1, -0.05) is 6.07 Å². The standard InChI is InChI=1S/C16H19NO4/c1-18-13-6-5-10(7-14(13)19-2)11-8-15(20-3)16(21-4)9-12(11)17/h5-9H,17H2,1-4H3. The zero-order valence-corrected chi connectivity index (χ0v) is 12.6. The molecule has 112 valence electrons. The third kappa shape index (κ3) is 2.81. The predicted molar refractivity (Wildman–Crippen MR) is 82.5 cm³/mol. The second-order valence-corrected chi connectivity index (χ2v) is 4.36. The van der Waals surface area contributed by atoms with E-state index in [1.54, 1.807) is 34.5 Å². The van der Waals surface area contributed by atoms with Crippen LogP contribution in [0.5, 0.6) is 23.0 Å². The maximum Gasteiger partial charge on any atom is 0.162 e. The molecular formula is C16H19NO4. The lowest BCUT2D eigenvalue weighted by Crippen LogP contribution is -1.97. The Kier molecular flexibility index (Phi) is 4.42. The van der Waals surface area contributed by atoms with E-state index in [1.165, 1.54) is 0 Å². The molecule has 0 radical (unpaired) electrons. The lowest BCUT2D eigenvalue weighted by atomic mass is 10.0. The van der Waals surface area contributed by atoms with E-state index in [4.69, 9.17) is 24.7 Å². The highest BCUT2D eigenvalue weighted by Gasteiger charge is 2.13. The number of anilines is 1. The summed E-state index contributed by atoms with van der Waals surface area (Å²) in [5.41, 5.74) is 8.45. The first-order chi connectivity index (χ1) is 10.1. The molecule has 0 aliphatic heterocycles. The molecule has 2 N–H and O–H groups in total. The van der Waals surface area contributed by atoms with Crippen LogP contribution in [-0.4, -0.2) is 28.4 Å². The van der Waals surface area contributed by atoms with Gasteiger partial charge in [0, 0.05) is 17.3 Å². The average Bonchev–Trinajstić information content (AvgIpc) is 2.53. The van der Waals surface area contributed by atoms with E-state index < -0.39 is 0 Å². The second-order valence-electron chi connectivity index (χ2n) is 4.36. The molecule has 0 bridgehead atoms. The summed E-state index contributed by atoms with van der Waals surface area (Å²) in [6.45, 7) is 0. The summed E-state index contributed by atoms with van der Waals surface area (Å²) >= 11 is 0. The third-order valence-electron chi connectivity index (χ3n) is 3.25. The van der Waals surface area contributed by atoms with Gasteiger partial charge in [0.15, 0.2) is 23.0 Å². The second kappa shape index (κ2) is 6.26. The monoisotopic (exact) mass is 289 g/mol. The maximum atomic E-state index is 6.11. The molecule has 21 heavy (non-hydrogen) atoms. The number of nitrogen functional groups attached to an aromatic ring is 1. The molecule has 0 aliphatic carbocycles. The lowest BCUT2D eigenvalue weighted by Gasteiger charge is -2.14. The first kappa shape index (κ1) is 14.8. The number of methoxy groups -OCH3 is 4. The summed E-state index contributed by atoms with van der Waals surface area (Å²) in [5, 5.41) is 0. The molecule has 0 unspecified atom stereocenters. The fourth-order valence-corrected chi connectivity index (χ4v) is 2.15. The fraction of sp³-hybridized carbons (Fsp3) is 0.250. The number of hydrogen-bond acceptors (Lipinski definition) is 5. The number of benzene rings is 2. The number of ether oxygens (including phenoxy) is 4. The van der Waals surface area contributed by atoms with Gasteiger partial charge < -0.3 is 24.7 Å². The Morgan fingerprint density at radius 1 is 0.667 bits per heavy atom. The molecule has 2 aromatic rings. The van der Waals surface area contributed by atoms with Gasteiger partial charge in [0.1, 0.15) is 0 Å². The Morgan fingerprint density at radius 3 is 1.76 bits per heavy atom. The lowest BCUT2D eigenvalue weighted by molar-refractivity contribution is 0.354. The average molecular weight is 289 g/mol. The van der Waals surface area contributed by atoms with Crippen molar-refractivity contribution in [2.75, 3.05) is 34.2 Å². The number of rotatable bonds is 5. The molecule has 0 fully saturated rings. The Hall–Kier alpha value is -2.56. The van der Waals surface area contributed by atoms with E-state index in [9.17, 15) is 0 Å². The summed E-state index contributed by atoms with van der Waals surface area (Å²) in [7, 11) is 6.36. The zero-order valence-electron chi connectivity index (χ0n) is 12.6. The van der Waals surface area contributed by atoms with Gasteiger partial charge in [-0.05, 0) is 23.8 Å². The van der Waals surface area contributed by atoms with Gasteiger partial charge in [0.2, 0.25) is 0 Å². The maximum absolute atomic E-state index is 6.11. The molecular weight excluding hydrogens is 270 g/mol. The first-order valence-corrected chi connectivity index (χ1v) is 6.38. The van der Waals surface area contributed by atoms with E-state index in [1.807, 2.05) is 24.3 Å². The summed E-state index contributed by atoms with van der Waals surface area (Å²) in [5.74, 6) is 2.53. The molecule has 5 nitrogen and oxygen atoms in total. The summed E-state index contributed by atoms with van der Waals surface area (Å²) in [6.07, 6.45) is 0. The van der Waals surface area contributed by atoms with Crippen molar-refractivity contribution in [2.45, 2.75) is 0 Å². The molecule has 2 aromatic carbocycles. The van der Waals surface area contributed by atoms with Crippen LogP contribution in [0.1, 0.15) is 0 Å². The highest BCUT2D eigenvalue weighted by molar-refractivity contribution is 5.81. The van der Waals surface area contributed by atoms with Crippen molar-refractivity contribution in [3.05, 3.63) is 30.3 Å². The Morgan fingerprint density at radius 2 is 1.19 bits per heavy atom. The van der Waals surface area contributed by atoms with Gasteiger partial charge >= 0.3 is 0 Å². The van der Waals surface area contributed by atoms with Gasteiger partial charge in [-0.25, -0.2) is 0 Å². The molecule has 0 aliphatic rings. The van der Waals surface area contributed by atoms with E-state index >= 15 is 0 Å². The molecule has 2 rings (SSSR count). The van der Waals surface area contributed by atoms with Crippen LogP contribution >= 0.6 is 0 Å². The highest BCUT2D eigenvalue weighted by Crippen LogP contribution is 2.39. The van der Waals surface area contributed by atoms with Crippen LogP contribution in [0.4, 0.5) is 5.69 Å². The van der Waals surface area contributed by atoms with Crippen molar-refractivity contribution >= 4 is 5.69 Å². The zero-order chi connectivity index (χ0) is 15.4. The van der Waals surface area contributed by atoms with Gasteiger partial charge in [0.25, 0.3) is 0 Å². The Balaban J connectivity index is 2.56. The number of hydrogen-bond donors (Lipinski definition) is 1. The van der Waals surface area contributed by atoms with Crippen LogP contribution in [0, 0.1) is 0 Å². The van der Waals surface area contributed by atoms with Gasteiger partial charge in [-0.15, -0.1) is 0 Å². The largest absolute Gasteiger partial charge is 0.493 e. The topological polar surface area (TPSA) is 62.9 Å². The molecule has 0 saturated heterocycles. The van der Waals surface area contributed by atoms with Crippen molar-refractivity contribution in [1.82, 2.24) is 0 Å². The molecule has 0 heterocycles. The molecule has 0 saturated carbocycles. The van der Waals surface area contributed by atoms with Crippen molar-refractivity contribution in [1.29, 1.82) is 0 Å². The van der Waals surface area contributed by atoms with Crippen LogP contribution < -0.4 is 24.7 Å². The van der Waals surface area contributed by atoms with Crippen molar-refractivity contribution in [3.8, 4) is 34.1 Å². The smallest absolute Gasteiger partial charge is 0.162 e. The SMILES string of the molecule is COc1ccc(-c2cc(OC)c(OC)cc2N)cc1OC. The highest BCUT2D eigenvalue weighted by atomic mass is 16.5. The van der Waals surface area contributed by atoms with Crippen LogP contribution in [0.2, 0.25) is 0 Å². The summed E-state index contributed by atoms with van der Waals surface area (Å²) < 4.78 is 21.1.